The van der Waals surface area contributed by atoms with Crippen molar-refractivity contribution in [2.75, 3.05) is 11.9 Å². The van der Waals surface area contributed by atoms with Gasteiger partial charge in [-0.05, 0) is 86.9 Å². The highest BCUT2D eigenvalue weighted by molar-refractivity contribution is 6.02. The molecule has 6 rings (SSSR count). The van der Waals surface area contributed by atoms with E-state index in [1.807, 2.05) is 63.2 Å². The molecule has 2 amide bonds. The van der Waals surface area contributed by atoms with Crippen LogP contribution in [0.2, 0.25) is 0 Å². The minimum Gasteiger partial charge on any atom is -0.461 e. The minimum atomic E-state index is -0.640. The number of benzene rings is 2. The molecule has 3 aromatic rings. The van der Waals surface area contributed by atoms with Crippen molar-refractivity contribution in [2.24, 2.45) is 11.8 Å². The Bertz CT molecular complexity index is 1590. The lowest BCUT2D eigenvalue weighted by molar-refractivity contribution is -0.126. The maximum Gasteiger partial charge on any atom is 0.411 e. The maximum atomic E-state index is 13.5. The number of amides is 2. The van der Waals surface area contributed by atoms with E-state index in [0.717, 1.165) is 47.0 Å². The number of piperidine rings is 1. The Balaban J connectivity index is 1.16. The van der Waals surface area contributed by atoms with Crippen LogP contribution < -0.4 is 4.90 Å². The first-order chi connectivity index (χ1) is 19.5. The van der Waals surface area contributed by atoms with Crippen molar-refractivity contribution in [2.45, 2.75) is 77.0 Å². The van der Waals surface area contributed by atoms with Gasteiger partial charge in [-0.15, -0.1) is 0 Å². The predicted molar refractivity (Wildman–Crippen MR) is 154 cm³/mol. The van der Waals surface area contributed by atoms with Gasteiger partial charge in [0.25, 0.3) is 0 Å². The van der Waals surface area contributed by atoms with Gasteiger partial charge in [-0.1, -0.05) is 18.2 Å². The lowest BCUT2D eigenvalue weighted by atomic mass is 9.89. The normalized spacial score (nSPS) is 22.2. The molecule has 3 heterocycles. The summed E-state index contributed by atoms with van der Waals surface area (Å²) in [7, 11) is 1.80. The molecule has 0 N–H and O–H groups in total. The molecule has 8 nitrogen and oxygen atoms in total. The van der Waals surface area contributed by atoms with E-state index in [2.05, 4.69) is 6.07 Å². The van der Waals surface area contributed by atoms with Gasteiger partial charge in [-0.25, -0.2) is 4.79 Å². The number of carbonyl (C=O) groups excluding carboxylic acids is 3. The number of carbonyl (C=O) groups is 3. The van der Waals surface area contributed by atoms with Crippen LogP contribution >= 0.6 is 0 Å². The molecule has 1 aromatic heterocycles. The molecule has 2 fully saturated rings. The van der Waals surface area contributed by atoms with Crippen LogP contribution in [-0.4, -0.2) is 47.4 Å². The summed E-state index contributed by atoms with van der Waals surface area (Å²) in [5.74, 6) is 0.226. The van der Waals surface area contributed by atoms with Crippen molar-refractivity contribution in [3.63, 3.8) is 0 Å². The van der Waals surface area contributed by atoms with E-state index in [1.165, 1.54) is 0 Å². The van der Waals surface area contributed by atoms with Crippen molar-refractivity contribution in [1.82, 2.24) is 4.90 Å². The largest absolute Gasteiger partial charge is 0.461 e. The molecule has 1 unspecified atom stereocenters. The Labute approximate surface area is 239 Å². The Hall–Kier alpha value is -4.12. The summed E-state index contributed by atoms with van der Waals surface area (Å²) in [4.78, 5) is 41.9. The highest BCUT2D eigenvalue weighted by Gasteiger charge is 2.52. The van der Waals surface area contributed by atoms with E-state index < -0.39 is 23.7 Å². The van der Waals surface area contributed by atoms with Gasteiger partial charge in [0, 0.05) is 37.0 Å². The number of nitriles is 1. The molecule has 212 valence electrons. The zero-order valence-corrected chi connectivity index (χ0v) is 24.0. The van der Waals surface area contributed by atoms with Gasteiger partial charge < -0.3 is 14.1 Å². The number of rotatable bonds is 6. The zero-order chi connectivity index (χ0) is 29.1. The maximum absolute atomic E-state index is 13.5. The average Bonchev–Trinajstić information content (AvgIpc) is 3.69. The molecule has 8 heteroatoms. The quantitative estimate of drug-likeness (QED) is 0.368. The summed E-state index contributed by atoms with van der Waals surface area (Å²) < 4.78 is 11.7. The van der Waals surface area contributed by atoms with E-state index in [-0.39, 0.29) is 30.1 Å². The van der Waals surface area contributed by atoms with Crippen molar-refractivity contribution in [3.05, 3.63) is 53.8 Å². The highest BCUT2D eigenvalue weighted by Crippen LogP contribution is 2.44. The molecule has 2 aliphatic heterocycles. The molecule has 1 saturated heterocycles. The Morgan fingerprint density at radius 3 is 2.63 bits per heavy atom. The van der Waals surface area contributed by atoms with E-state index in [0.29, 0.717) is 24.2 Å². The average molecular weight is 554 g/mol. The molecule has 0 radical (unpaired) electrons. The molecule has 2 bridgehead atoms. The molecular formula is C33H35N3O5. The van der Waals surface area contributed by atoms with E-state index >= 15 is 0 Å². The third kappa shape index (κ3) is 5.10. The molecule has 1 aliphatic carbocycles. The fourth-order valence-electron chi connectivity index (χ4n) is 6.75. The number of ketones is 1. The Morgan fingerprint density at radius 2 is 1.88 bits per heavy atom. The standard InChI is InChI=1S/C33H35N3O5/c1-33(2,3)41-32(39)36-25-9-7-23(14-25)31(36)28(37)12-19(18-34)11-26-15-24-13-20(8-10-29(24)40-26)21-5-6-22-17-30(38)35(4)27(22)16-21/h5-6,8,10,13,15-16,19,23,25,31H,7,9,11-12,14,17H2,1-4H3/t19?,23-,25+,31-/m0/s1. The first-order valence-electron chi connectivity index (χ1n) is 14.4. The lowest BCUT2D eigenvalue weighted by Gasteiger charge is -2.35. The fraction of sp³-hybridized carbons (Fsp3) is 0.455. The molecule has 4 atom stereocenters. The van der Waals surface area contributed by atoms with Crippen LogP contribution in [0.4, 0.5) is 10.5 Å². The van der Waals surface area contributed by atoms with E-state index in [4.69, 9.17) is 9.15 Å². The van der Waals surface area contributed by atoms with Gasteiger partial charge in [0.15, 0.2) is 5.78 Å². The molecule has 0 spiro atoms. The predicted octanol–water partition coefficient (Wildman–Crippen LogP) is 6.05. The van der Waals surface area contributed by atoms with Crippen molar-refractivity contribution in [1.29, 1.82) is 5.26 Å². The van der Waals surface area contributed by atoms with Crippen LogP contribution in [0.1, 0.15) is 57.8 Å². The lowest BCUT2D eigenvalue weighted by Crippen LogP contribution is -2.51. The monoisotopic (exact) mass is 553 g/mol. The first kappa shape index (κ1) is 27.1. The van der Waals surface area contributed by atoms with Gasteiger partial charge >= 0.3 is 6.09 Å². The van der Waals surface area contributed by atoms with Gasteiger partial charge in [-0.3, -0.25) is 14.5 Å². The van der Waals surface area contributed by atoms with Gasteiger partial charge in [-0.2, -0.15) is 5.26 Å². The van der Waals surface area contributed by atoms with Gasteiger partial charge in [0.05, 0.1) is 24.4 Å². The second-order valence-electron chi connectivity index (χ2n) is 12.7. The highest BCUT2D eigenvalue weighted by atomic mass is 16.6. The number of likely N-dealkylation sites (tertiary alicyclic amines) is 1. The topological polar surface area (TPSA) is 104 Å². The smallest absolute Gasteiger partial charge is 0.411 e. The summed E-state index contributed by atoms with van der Waals surface area (Å²) in [5, 5.41) is 10.9. The third-order valence-corrected chi connectivity index (χ3v) is 8.66. The number of anilines is 1. The van der Waals surface area contributed by atoms with Crippen LogP contribution in [0.25, 0.3) is 22.1 Å². The number of hydrogen-bond acceptors (Lipinski definition) is 6. The minimum absolute atomic E-state index is 0.0282. The second-order valence-corrected chi connectivity index (χ2v) is 12.7. The molecule has 2 aromatic carbocycles. The molecule has 1 saturated carbocycles. The Kier molecular flexibility index (Phi) is 6.64. The van der Waals surface area contributed by atoms with Crippen LogP contribution in [-0.2, 0) is 27.2 Å². The zero-order valence-electron chi connectivity index (χ0n) is 24.0. The second kappa shape index (κ2) is 10.1. The van der Waals surface area contributed by atoms with E-state index in [9.17, 15) is 19.6 Å². The summed E-state index contributed by atoms with van der Waals surface area (Å²) in [5.41, 5.74) is 4.05. The SMILES string of the molecule is CN1C(=O)Cc2ccc(-c3ccc4oc(CC(C#N)CC(=O)[C@@H]5[C@H]6CC[C@H](C6)N5C(=O)OC(C)(C)C)cc4c3)cc21. The third-order valence-electron chi connectivity index (χ3n) is 8.66. The van der Waals surface area contributed by atoms with Crippen LogP contribution in [0.3, 0.4) is 0 Å². The summed E-state index contributed by atoms with van der Waals surface area (Å²) in [6.07, 6.45) is 2.98. The van der Waals surface area contributed by atoms with Crippen LogP contribution in [0, 0.1) is 23.2 Å². The van der Waals surface area contributed by atoms with Crippen molar-refractivity contribution in [3.8, 4) is 17.2 Å². The first-order valence-corrected chi connectivity index (χ1v) is 14.4. The Morgan fingerprint density at radius 1 is 1.12 bits per heavy atom. The number of likely N-dealkylation sites (N-methyl/N-ethyl adjacent to an activating group) is 1. The fourth-order valence-corrected chi connectivity index (χ4v) is 6.75. The van der Waals surface area contributed by atoms with Crippen molar-refractivity contribution < 1.29 is 23.5 Å². The molecular weight excluding hydrogens is 518 g/mol. The van der Waals surface area contributed by atoms with Gasteiger partial charge in [0.1, 0.15) is 16.9 Å². The number of Topliss-reactive ketones (excluding diaryl/α,β-unsaturated/α-hetero) is 1. The van der Waals surface area contributed by atoms with Crippen LogP contribution in [0.15, 0.2) is 46.9 Å². The number of ether oxygens (including phenoxy) is 1. The molecule has 3 aliphatic rings. The number of fused-ring (bicyclic) bond motifs is 4. The number of nitrogens with zero attached hydrogens (tertiary/aromatic N) is 3. The molecule has 41 heavy (non-hydrogen) atoms. The number of hydrogen-bond donors (Lipinski definition) is 0. The van der Waals surface area contributed by atoms with Crippen molar-refractivity contribution >= 4 is 34.4 Å². The van der Waals surface area contributed by atoms with E-state index in [1.54, 1.807) is 16.8 Å². The summed E-state index contributed by atoms with van der Waals surface area (Å²) >= 11 is 0. The van der Waals surface area contributed by atoms with Gasteiger partial charge in [0.2, 0.25) is 5.91 Å². The summed E-state index contributed by atoms with van der Waals surface area (Å²) in [6, 6.07) is 15.7. The number of furan rings is 1. The summed E-state index contributed by atoms with van der Waals surface area (Å²) in [6.45, 7) is 5.47. The van der Waals surface area contributed by atoms with Crippen LogP contribution in [0.5, 0.6) is 0 Å².